The first-order chi connectivity index (χ1) is 20.3. The summed E-state index contributed by atoms with van der Waals surface area (Å²) in [5.41, 5.74) is 11.5. The minimum atomic E-state index is 1.22. The van der Waals surface area contributed by atoms with Crippen LogP contribution < -0.4 is 10.4 Å². The van der Waals surface area contributed by atoms with Crippen LogP contribution in [0, 0.1) is 0 Å². The summed E-state index contributed by atoms with van der Waals surface area (Å²) >= 11 is 0. The van der Waals surface area contributed by atoms with Crippen LogP contribution in [0.1, 0.15) is 23.6 Å². The molecule has 0 heteroatoms. The quantitative estimate of drug-likeness (QED) is 0.204. The van der Waals surface area contributed by atoms with Crippen LogP contribution in [0.3, 0.4) is 0 Å². The van der Waals surface area contributed by atoms with Crippen molar-refractivity contribution in [2.75, 3.05) is 0 Å². The molecular weight excluding hydrogens is 492 g/mol. The third-order valence-electron chi connectivity index (χ3n) is 8.64. The summed E-state index contributed by atoms with van der Waals surface area (Å²) in [5.74, 6) is 0. The standard InChI is InChI=1S/C41H28/c1-27(28-13-4-2-5-14-28)32-18-10-11-20-35(32)40(29-15-6-3-7-16-29)31-23-24-34-38(26-31)37-22-12-21-36-33-19-9-8-17-30(33)25-39(34)41(36)37/h2-26H,1H3/b32-27+,40-35-. The minimum Gasteiger partial charge on any atom is -0.0622 e. The molecule has 0 unspecified atom stereocenters. The fourth-order valence-corrected chi connectivity index (χ4v) is 6.71. The Morgan fingerprint density at radius 2 is 1.05 bits per heavy atom. The van der Waals surface area contributed by atoms with Crippen LogP contribution in [0.4, 0.5) is 0 Å². The fourth-order valence-electron chi connectivity index (χ4n) is 6.71. The van der Waals surface area contributed by atoms with E-state index in [9.17, 15) is 0 Å². The Labute approximate surface area is 240 Å². The third kappa shape index (κ3) is 3.76. The minimum absolute atomic E-state index is 1.22. The van der Waals surface area contributed by atoms with E-state index in [1.807, 2.05) is 0 Å². The maximum Gasteiger partial charge on any atom is -0.00199 e. The lowest BCUT2D eigenvalue weighted by Crippen LogP contribution is -2.29. The second-order valence-corrected chi connectivity index (χ2v) is 10.9. The van der Waals surface area contributed by atoms with E-state index in [2.05, 4.69) is 159 Å². The Bertz CT molecular complexity index is 2240. The smallest absolute Gasteiger partial charge is 0.00199 e. The Balaban J connectivity index is 1.45. The van der Waals surface area contributed by atoms with Crippen LogP contribution in [0.5, 0.6) is 0 Å². The molecule has 8 rings (SSSR count). The molecule has 0 bridgehead atoms. The van der Waals surface area contributed by atoms with E-state index in [0.29, 0.717) is 0 Å². The van der Waals surface area contributed by atoms with Crippen molar-refractivity contribution in [3.05, 3.63) is 179 Å². The summed E-state index contributed by atoms with van der Waals surface area (Å²) in [6.45, 7) is 2.24. The van der Waals surface area contributed by atoms with Crippen molar-refractivity contribution in [2.24, 2.45) is 0 Å². The summed E-state index contributed by atoms with van der Waals surface area (Å²) < 4.78 is 0. The molecule has 0 aliphatic heterocycles. The summed E-state index contributed by atoms with van der Waals surface area (Å²) in [4.78, 5) is 0. The van der Waals surface area contributed by atoms with Crippen LogP contribution in [-0.4, -0.2) is 0 Å². The van der Waals surface area contributed by atoms with Gasteiger partial charge >= 0.3 is 0 Å². The van der Waals surface area contributed by atoms with E-state index in [1.54, 1.807) is 0 Å². The first kappa shape index (κ1) is 23.7. The normalized spacial score (nSPS) is 13.3. The molecule has 0 atom stereocenters. The maximum absolute atomic E-state index is 2.42. The van der Waals surface area contributed by atoms with Crippen molar-refractivity contribution in [2.45, 2.75) is 6.92 Å². The number of rotatable bonds is 3. The average molecular weight is 521 g/mol. The highest BCUT2D eigenvalue weighted by atomic mass is 14.3. The van der Waals surface area contributed by atoms with Gasteiger partial charge in [0.15, 0.2) is 0 Å². The van der Waals surface area contributed by atoms with E-state index < -0.39 is 0 Å². The molecular formula is C41H28. The lowest BCUT2D eigenvalue weighted by atomic mass is 9.90. The van der Waals surface area contributed by atoms with E-state index in [4.69, 9.17) is 0 Å². The van der Waals surface area contributed by atoms with E-state index in [-0.39, 0.29) is 0 Å². The van der Waals surface area contributed by atoms with Crippen LogP contribution in [0.2, 0.25) is 0 Å². The fraction of sp³-hybridized carbons (Fsp3) is 0.0244. The van der Waals surface area contributed by atoms with Crippen molar-refractivity contribution < 1.29 is 0 Å². The molecule has 0 saturated heterocycles. The molecule has 0 heterocycles. The molecule has 0 nitrogen and oxygen atoms in total. The van der Waals surface area contributed by atoms with Gasteiger partial charge < -0.3 is 0 Å². The van der Waals surface area contributed by atoms with Gasteiger partial charge in [0, 0.05) is 0 Å². The van der Waals surface area contributed by atoms with Crippen molar-refractivity contribution >= 4 is 32.7 Å². The third-order valence-corrected chi connectivity index (χ3v) is 8.64. The summed E-state index contributed by atoms with van der Waals surface area (Å²) in [5, 5.41) is 7.82. The van der Waals surface area contributed by atoms with Gasteiger partial charge in [-0.3, -0.25) is 0 Å². The van der Waals surface area contributed by atoms with Gasteiger partial charge in [-0.2, -0.15) is 0 Å². The van der Waals surface area contributed by atoms with Crippen molar-refractivity contribution in [3.8, 4) is 22.3 Å². The highest BCUT2D eigenvalue weighted by Gasteiger charge is 2.23. The molecule has 0 aromatic heterocycles. The number of hydrogen-bond acceptors (Lipinski definition) is 0. The molecule has 0 saturated carbocycles. The Kier molecular flexibility index (Phi) is 5.47. The van der Waals surface area contributed by atoms with Crippen LogP contribution in [0.25, 0.3) is 54.9 Å². The van der Waals surface area contributed by atoms with Gasteiger partial charge in [-0.15, -0.1) is 0 Å². The molecule has 192 valence electrons. The molecule has 1 aliphatic carbocycles. The lowest BCUT2D eigenvalue weighted by molar-refractivity contribution is 1.40. The SMILES string of the molecule is C/C(c1ccccc1)=c1/cccc/c1=C(\c1ccccc1)c1ccc2c(c1)-c1cccc3c1c-2cc1ccccc13. The van der Waals surface area contributed by atoms with E-state index >= 15 is 0 Å². The van der Waals surface area contributed by atoms with Gasteiger partial charge in [0.2, 0.25) is 0 Å². The maximum atomic E-state index is 2.42. The highest BCUT2D eigenvalue weighted by molar-refractivity contribution is 6.23. The van der Waals surface area contributed by atoms with Crippen molar-refractivity contribution in [1.29, 1.82) is 0 Å². The number of fused-ring (bicyclic) bond motifs is 5. The molecule has 41 heavy (non-hydrogen) atoms. The zero-order valence-electron chi connectivity index (χ0n) is 22.9. The molecule has 0 fully saturated rings. The van der Waals surface area contributed by atoms with Crippen LogP contribution in [-0.2, 0) is 0 Å². The summed E-state index contributed by atoms with van der Waals surface area (Å²) in [7, 11) is 0. The van der Waals surface area contributed by atoms with E-state index in [1.165, 1.54) is 82.1 Å². The van der Waals surface area contributed by atoms with Crippen LogP contribution >= 0.6 is 0 Å². The second kappa shape index (κ2) is 9.47. The Hall–Kier alpha value is -5.20. The van der Waals surface area contributed by atoms with E-state index in [0.717, 1.165) is 0 Å². The number of benzene rings is 7. The van der Waals surface area contributed by atoms with Gasteiger partial charge in [-0.1, -0.05) is 140 Å². The van der Waals surface area contributed by atoms with Gasteiger partial charge in [0.05, 0.1) is 0 Å². The Morgan fingerprint density at radius 1 is 0.390 bits per heavy atom. The average Bonchev–Trinajstić information content (AvgIpc) is 3.36. The predicted molar refractivity (Wildman–Crippen MR) is 174 cm³/mol. The molecule has 0 radical (unpaired) electrons. The Morgan fingerprint density at radius 3 is 1.85 bits per heavy atom. The van der Waals surface area contributed by atoms with Crippen molar-refractivity contribution in [3.63, 3.8) is 0 Å². The molecule has 1 aliphatic rings. The largest absolute Gasteiger partial charge is 0.0622 e. The zero-order chi connectivity index (χ0) is 27.3. The monoisotopic (exact) mass is 520 g/mol. The number of hydrogen-bond donors (Lipinski definition) is 0. The molecule has 0 N–H and O–H groups in total. The molecule has 0 spiro atoms. The summed E-state index contributed by atoms with van der Waals surface area (Å²) in [6.07, 6.45) is 0. The zero-order valence-corrected chi connectivity index (χ0v) is 22.9. The van der Waals surface area contributed by atoms with Gasteiger partial charge in [0.25, 0.3) is 0 Å². The highest BCUT2D eigenvalue weighted by Crippen LogP contribution is 2.50. The second-order valence-electron chi connectivity index (χ2n) is 10.9. The first-order valence-electron chi connectivity index (χ1n) is 14.3. The predicted octanol–water partition coefficient (Wildman–Crippen LogP) is 9.11. The first-order valence-corrected chi connectivity index (χ1v) is 14.3. The lowest BCUT2D eigenvalue weighted by Gasteiger charge is -2.13. The molecule has 7 aromatic carbocycles. The van der Waals surface area contributed by atoms with Crippen molar-refractivity contribution in [1.82, 2.24) is 0 Å². The van der Waals surface area contributed by atoms with Crippen LogP contribution in [0.15, 0.2) is 152 Å². The summed E-state index contributed by atoms with van der Waals surface area (Å²) in [6, 6.07) is 55.4. The van der Waals surface area contributed by atoms with Gasteiger partial charge in [0.1, 0.15) is 0 Å². The topological polar surface area (TPSA) is 0 Å². The van der Waals surface area contributed by atoms with Gasteiger partial charge in [-0.05, 0) is 101 Å². The molecule has 7 aromatic rings. The molecule has 0 amide bonds. The van der Waals surface area contributed by atoms with Gasteiger partial charge in [-0.25, -0.2) is 0 Å².